The van der Waals surface area contributed by atoms with Gasteiger partial charge in [-0.2, -0.15) is 4.98 Å². The van der Waals surface area contributed by atoms with E-state index in [-0.39, 0.29) is 5.82 Å². The predicted octanol–water partition coefficient (Wildman–Crippen LogP) is 4.42. The van der Waals surface area contributed by atoms with Gasteiger partial charge in [0.1, 0.15) is 17.4 Å². The Morgan fingerprint density at radius 3 is 2.46 bits per heavy atom. The van der Waals surface area contributed by atoms with Crippen LogP contribution in [0.3, 0.4) is 0 Å². The molecule has 0 bridgehead atoms. The first-order chi connectivity index (χ1) is 11.6. The molecule has 1 aromatic heterocycles. The van der Waals surface area contributed by atoms with Crippen molar-refractivity contribution in [3.63, 3.8) is 0 Å². The van der Waals surface area contributed by atoms with Gasteiger partial charge in [0.05, 0.1) is 12.8 Å². The molecule has 0 atom stereocenters. The minimum absolute atomic E-state index is 0.288. The topological polar surface area (TPSA) is 59.1 Å². The van der Waals surface area contributed by atoms with Crippen LogP contribution in [0.4, 0.5) is 27.5 Å². The predicted molar refractivity (Wildman–Crippen MR) is 92.7 cm³/mol. The molecule has 122 valence electrons. The van der Waals surface area contributed by atoms with Crippen LogP contribution in [0.5, 0.6) is 5.75 Å². The number of aryl methyl sites for hydroxylation is 1. The standard InChI is InChI=1S/C18H17FN4O/c1-12-11-17(22-15-5-3-4-6-16(15)24-2)23-18(20-12)21-14-9-7-13(19)8-10-14/h3-11H,1-2H3,(H2,20,21,22,23). The molecule has 0 aliphatic heterocycles. The third-order valence-electron chi connectivity index (χ3n) is 3.32. The molecule has 5 nitrogen and oxygen atoms in total. The Balaban J connectivity index is 1.84. The quantitative estimate of drug-likeness (QED) is 0.727. The molecule has 0 fully saturated rings. The highest BCUT2D eigenvalue weighted by atomic mass is 19.1. The third-order valence-corrected chi connectivity index (χ3v) is 3.32. The number of benzene rings is 2. The van der Waals surface area contributed by atoms with Gasteiger partial charge < -0.3 is 15.4 Å². The molecule has 24 heavy (non-hydrogen) atoms. The molecule has 2 aromatic carbocycles. The molecule has 0 amide bonds. The Morgan fingerprint density at radius 1 is 0.958 bits per heavy atom. The molecule has 3 rings (SSSR count). The first-order valence-corrected chi connectivity index (χ1v) is 7.42. The fourth-order valence-electron chi connectivity index (χ4n) is 2.24. The van der Waals surface area contributed by atoms with E-state index in [2.05, 4.69) is 20.6 Å². The fraction of sp³-hybridized carbons (Fsp3) is 0.111. The van der Waals surface area contributed by atoms with Crippen LogP contribution in [-0.4, -0.2) is 17.1 Å². The number of anilines is 4. The van der Waals surface area contributed by atoms with Crippen LogP contribution in [0.2, 0.25) is 0 Å². The van der Waals surface area contributed by atoms with E-state index in [1.165, 1.54) is 12.1 Å². The van der Waals surface area contributed by atoms with Crippen molar-refractivity contribution in [2.75, 3.05) is 17.7 Å². The summed E-state index contributed by atoms with van der Waals surface area (Å²) in [5.74, 6) is 1.50. The summed E-state index contributed by atoms with van der Waals surface area (Å²) in [6.45, 7) is 1.88. The Labute approximate surface area is 139 Å². The van der Waals surface area contributed by atoms with Crippen LogP contribution in [0.25, 0.3) is 0 Å². The van der Waals surface area contributed by atoms with Gasteiger partial charge >= 0.3 is 0 Å². The van der Waals surface area contributed by atoms with Gasteiger partial charge in [0.2, 0.25) is 5.95 Å². The number of hydrogen-bond acceptors (Lipinski definition) is 5. The monoisotopic (exact) mass is 324 g/mol. The maximum absolute atomic E-state index is 13.0. The molecule has 1 heterocycles. The zero-order chi connectivity index (χ0) is 16.9. The summed E-state index contributed by atoms with van der Waals surface area (Å²) in [5, 5.41) is 6.29. The van der Waals surface area contributed by atoms with Crippen LogP contribution in [0.1, 0.15) is 5.69 Å². The van der Waals surface area contributed by atoms with E-state index in [1.807, 2.05) is 37.3 Å². The normalized spacial score (nSPS) is 10.3. The van der Waals surface area contributed by atoms with Crippen molar-refractivity contribution < 1.29 is 9.13 Å². The Kier molecular flexibility index (Phi) is 4.56. The summed E-state index contributed by atoms with van der Waals surface area (Å²) in [6, 6.07) is 15.5. The van der Waals surface area contributed by atoms with Gasteiger partial charge in [-0.3, -0.25) is 0 Å². The van der Waals surface area contributed by atoms with Gasteiger partial charge in [-0.1, -0.05) is 12.1 Å². The van der Waals surface area contributed by atoms with E-state index in [0.29, 0.717) is 17.5 Å². The van der Waals surface area contributed by atoms with E-state index in [9.17, 15) is 4.39 Å². The van der Waals surface area contributed by atoms with E-state index in [0.717, 1.165) is 17.1 Å². The summed E-state index contributed by atoms with van der Waals surface area (Å²) in [7, 11) is 1.62. The van der Waals surface area contributed by atoms with Gasteiger partial charge in [-0.15, -0.1) is 0 Å². The van der Waals surface area contributed by atoms with Crippen molar-refractivity contribution in [3.05, 3.63) is 66.1 Å². The number of rotatable bonds is 5. The molecule has 3 aromatic rings. The SMILES string of the molecule is COc1ccccc1Nc1cc(C)nc(Nc2ccc(F)cc2)n1. The largest absolute Gasteiger partial charge is 0.495 e. The number of hydrogen-bond donors (Lipinski definition) is 2. The molecule has 0 saturated heterocycles. The van der Waals surface area contributed by atoms with Crippen molar-refractivity contribution in [2.24, 2.45) is 0 Å². The Morgan fingerprint density at radius 2 is 1.71 bits per heavy atom. The maximum Gasteiger partial charge on any atom is 0.229 e. The molecule has 0 saturated carbocycles. The van der Waals surface area contributed by atoms with Gasteiger partial charge in [-0.25, -0.2) is 9.37 Å². The summed E-state index contributed by atoms with van der Waals surface area (Å²) in [5.41, 5.74) is 2.32. The van der Waals surface area contributed by atoms with Crippen molar-refractivity contribution >= 4 is 23.1 Å². The first-order valence-electron chi connectivity index (χ1n) is 7.42. The van der Waals surface area contributed by atoms with Crippen LogP contribution >= 0.6 is 0 Å². The lowest BCUT2D eigenvalue weighted by atomic mass is 10.3. The summed E-state index contributed by atoms with van der Waals surface area (Å²) in [6.07, 6.45) is 0. The summed E-state index contributed by atoms with van der Waals surface area (Å²) < 4.78 is 18.3. The lowest BCUT2D eigenvalue weighted by molar-refractivity contribution is 0.417. The molecule has 2 N–H and O–H groups in total. The van der Waals surface area contributed by atoms with E-state index in [4.69, 9.17) is 4.74 Å². The smallest absolute Gasteiger partial charge is 0.229 e. The number of para-hydroxylation sites is 2. The van der Waals surface area contributed by atoms with Gasteiger partial charge in [0.15, 0.2) is 0 Å². The number of halogens is 1. The van der Waals surface area contributed by atoms with E-state index >= 15 is 0 Å². The van der Waals surface area contributed by atoms with Gasteiger partial charge in [0.25, 0.3) is 0 Å². The minimum Gasteiger partial charge on any atom is -0.495 e. The van der Waals surface area contributed by atoms with Gasteiger partial charge in [0, 0.05) is 17.4 Å². The number of aromatic nitrogens is 2. The maximum atomic E-state index is 13.0. The lowest BCUT2D eigenvalue weighted by Gasteiger charge is -2.12. The molecular formula is C18H17FN4O. The Hall–Kier alpha value is -3.15. The van der Waals surface area contributed by atoms with Crippen molar-refractivity contribution in [1.29, 1.82) is 0 Å². The van der Waals surface area contributed by atoms with Crippen molar-refractivity contribution in [3.8, 4) is 5.75 Å². The second kappa shape index (κ2) is 6.95. The van der Waals surface area contributed by atoms with Crippen molar-refractivity contribution in [2.45, 2.75) is 6.92 Å². The molecule has 0 unspecified atom stereocenters. The molecule has 0 radical (unpaired) electrons. The van der Waals surface area contributed by atoms with E-state index < -0.39 is 0 Å². The first kappa shape index (κ1) is 15.7. The lowest BCUT2D eigenvalue weighted by Crippen LogP contribution is -2.03. The number of nitrogens with zero attached hydrogens (tertiary/aromatic N) is 2. The summed E-state index contributed by atoms with van der Waals surface area (Å²) in [4.78, 5) is 8.79. The zero-order valence-electron chi connectivity index (χ0n) is 13.4. The number of ether oxygens (including phenoxy) is 1. The third kappa shape index (κ3) is 3.78. The molecule has 0 spiro atoms. The number of nitrogens with one attached hydrogen (secondary N) is 2. The van der Waals surface area contributed by atoms with Gasteiger partial charge in [-0.05, 0) is 43.3 Å². The fourth-order valence-corrected chi connectivity index (χ4v) is 2.24. The molecular weight excluding hydrogens is 307 g/mol. The van der Waals surface area contributed by atoms with E-state index in [1.54, 1.807) is 19.2 Å². The second-order valence-electron chi connectivity index (χ2n) is 5.18. The van der Waals surface area contributed by atoms with Crippen LogP contribution < -0.4 is 15.4 Å². The summed E-state index contributed by atoms with van der Waals surface area (Å²) >= 11 is 0. The average molecular weight is 324 g/mol. The molecule has 6 heteroatoms. The van der Waals surface area contributed by atoms with Crippen LogP contribution in [0.15, 0.2) is 54.6 Å². The average Bonchev–Trinajstić information content (AvgIpc) is 2.57. The molecule has 0 aliphatic carbocycles. The zero-order valence-corrected chi connectivity index (χ0v) is 13.4. The highest BCUT2D eigenvalue weighted by Gasteiger charge is 2.06. The second-order valence-corrected chi connectivity index (χ2v) is 5.18. The number of methoxy groups -OCH3 is 1. The molecule has 0 aliphatic rings. The highest BCUT2D eigenvalue weighted by molar-refractivity contribution is 5.65. The van der Waals surface area contributed by atoms with Crippen LogP contribution in [0, 0.1) is 12.7 Å². The highest BCUT2D eigenvalue weighted by Crippen LogP contribution is 2.27. The Bertz CT molecular complexity index is 837. The van der Waals surface area contributed by atoms with Crippen LogP contribution in [-0.2, 0) is 0 Å². The minimum atomic E-state index is -0.288. The van der Waals surface area contributed by atoms with Crippen molar-refractivity contribution in [1.82, 2.24) is 9.97 Å².